The molecule has 0 fully saturated rings. The minimum Gasteiger partial charge on any atom is -0.321 e. The summed E-state index contributed by atoms with van der Waals surface area (Å²) in [5.74, 6) is -0.178. The van der Waals surface area contributed by atoms with E-state index < -0.39 is 15.9 Å². The molecule has 4 nitrogen and oxygen atoms in total. The minimum absolute atomic E-state index is 0.0501. The first kappa shape index (κ1) is 14.8. The molecule has 1 aromatic rings. The van der Waals surface area contributed by atoms with Crippen LogP contribution in [-0.4, -0.2) is 32.3 Å². The fraction of sp³-hybridized carbons (Fsp3) is 0.500. The minimum atomic E-state index is -3.06. The van der Waals surface area contributed by atoms with Gasteiger partial charge in [-0.3, -0.25) is 4.79 Å². The molecular weight excluding hydrogens is 326 g/mol. The van der Waals surface area contributed by atoms with E-state index in [9.17, 15) is 13.2 Å². The number of halogens is 1. The number of carbonyl (C=O) groups is 1. The van der Waals surface area contributed by atoms with Crippen LogP contribution in [0.4, 0.5) is 0 Å². The van der Waals surface area contributed by atoms with Crippen LogP contribution in [0.3, 0.4) is 0 Å². The molecule has 2 N–H and O–H groups in total. The lowest BCUT2D eigenvalue weighted by atomic mass is 10.1. The van der Waals surface area contributed by atoms with E-state index in [0.717, 1.165) is 15.6 Å². The fourth-order valence-electron chi connectivity index (χ4n) is 1.24. The van der Waals surface area contributed by atoms with Crippen LogP contribution < -0.4 is 5.73 Å². The molecule has 0 saturated carbocycles. The number of sulfone groups is 1. The molecule has 0 saturated heterocycles. The van der Waals surface area contributed by atoms with E-state index in [0.29, 0.717) is 0 Å². The number of nitrogens with two attached hydrogens (primary N) is 1. The van der Waals surface area contributed by atoms with Gasteiger partial charge in [0.15, 0.2) is 5.78 Å². The average Bonchev–Trinajstić information content (AvgIpc) is 2.59. The average molecular weight is 340 g/mol. The van der Waals surface area contributed by atoms with Gasteiger partial charge in [-0.1, -0.05) is 0 Å². The van der Waals surface area contributed by atoms with Gasteiger partial charge in [0, 0.05) is 22.0 Å². The van der Waals surface area contributed by atoms with Crippen molar-refractivity contribution in [2.24, 2.45) is 5.73 Å². The molecule has 17 heavy (non-hydrogen) atoms. The van der Waals surface area contributed by atoms with E-state index in [4.69, 9.17) is 5.73 Å². The van der Waals surface area contributed by atoms with Crippen LogP contribution >= 0.6 is 27.3 Å². The Bertz CT molecular complexity index is 495. The predicted octanol–water partition coefficient (Wildman–Crippen LogP) is 1.38. The van der Waals surface area contributed by atoms with Gasteiger partial charge in [0.1, 0.15) is 9.84 Å². The summed E-state index contributed by atoms with van der Waals surface area (Å²) >= 11 is 4.81. The van der Waals surface area contributed by atoms with Crippen molar-refractivity contribution in [2.45, 2.75) is 18.9 Å². The molecule has 96 valence electrons. The number of rotatable bonds is 6. The van der Waals surface area contributed by atoms with Gasteiger partial charge in [-0.05, 0) is 33.8 Å². The summed E-state index contributed by atoms with van der Waals surface area (Å²) in [6, 6.07) is 1.16. The molecule has 1 aromatic heterocycles. The smallest absolute Gasteiger partial charge is 0.154 e. The lowest BCUT2D eigenvalue weighted by Gasteiger charge is -2.09. The molecule has 0 bridgehead atoms. The van der Waals surface area contributed by atoms with Crippen LogP contribution in [0.5, 0.6) is 0 Å². The van der Waals surface area contributed by atoms with Gasteiger partial charge in [0.25, 0.3) is 0 Å². The largest absolute Gasteiger partial charge is 0.321 e. The molecule has 0 aliphatic rings. The maximum atomic E-state index is 11.7. The van der Waals surface area contributed by atoms with Gasteiger partial charge in [0.2, 0.25) is 0 Å². The zero-order chi connectivity index (χ0) is 13.1. The fourth-order valence-corrected chi connectivity index (χ4v) is 3.43. The molecule has 0 aromatic carbocycles. The van der Waals surface area contributed by atoms with Crippen molar-refractivity contribution in [3.8, 4) is 0 Å². The Balaban J connectivity index is 2.51. The van der Waals surface area contributed by atoms with Crippen molar-refractivity contribution in [2.75, 3.05) is 12.0 Å². The van der Waals surface area contributed by atoms with E-state index in [1.165, 1.54) is 11.3 Å². The van der Waals surface area contributed by atoms with Crippen molar-refractivity contribution in [3.63, 3.8) is 0 Å². The van der Waals surface area contributed by atoms with E-state index in [-0.39, 0.29) is 24.4 Å². The SMILES string of the molecule is CS(=O)(=O)CCC(N)C(=O)Cc1sccc1Br. The molecule has 0 spiro atoms. The van der Waals surface area contributed by atoms with Gasteiger partial charge in [-0.2, -0.15) is 0 Å². The lowest BCUT2D eigenvalue weighted by molar-refractivity contribution is -0.119. The van der Waals surface area contributed by atoms with Gasteiger partial charge >= 0.3 is 0 Å². The van der Waals surface area contributed by atoms with Crippen LogP contribution in [0.2, 0.25) is 0 Å². The third kappa shape index (κ3) is 5.29. The Labute approximate surface area is 113 Å². The van der Waals surface area contributed by atoms with Crippen LogP contribution in [0.1, 0.15) is 11.3 Å². The van der Waals surface area contributed by atoms with E-state index in [2.05, 4.69) is 15.9 Å². The monoisotopic (exact) mass is 339 g/mol. The quantitative estimate of drug-likeness (QED) is 0.849. The summed E-state index contributed by atoms with van der Waals surface area (Å²) in [4.78, 5) is 12.7. The topological polar surface area (TPSA) is 77.2 Å². The second-order valence-corrected chi connectivity index (χ2v) is 7.97. The Morgan fingerprint density at radius 2 is 2.24 bits per heavy atom. The molecule has 1 heterocycles. The summed E-state index contributed by atoms with van der Waals surface area (Å²) in [5, 5.41) is 1.88. The first-order chi connectivity index (χ1) is 7.79. The molecule has 1 rings (SSSR count). The van der Waals surface area contributed by atoms with Crippen molar-refractivity contribution >= 4 is 42.9 Å². The van der Waals surface area contributed by atoms with Crippen LogP contribution in [0.15, 0.2) is 15.9 Å². The lowest BCUT2D eigenvalue weighted by Crippen LogP contribution is -2.33. The molecule has 7 heteroatoms. The third-order valence-electron chi connectivity index (χ3n) is 2.24. The molecule has 1 unspecified atom stereocenters. The maximum Gasteiger partial charge on any atom is 0.154 e. The number of hydrogen-bond acceptors (Lipinski definition) is 5. The highest BCUT2D eigenvalue weighted by Crippen LogP contribution is 2.23. The van der Waals surface area contributed by atoms with E-state index >= 15 is 0 Å². The molecule has 1 atom stereocenters. The molecule has 0 amide bonds. The molecular formula is C10H14BrNO3S2. The highest BCUT2D eigenvalue weighted by Gasteiger charge is 2.17. The highest BCUT2D eigenvalue weighted by atomic mass is 79.9. The summed E-state index contributed by atoms with van der Waals surface area (Å²) < 4.78 is 22.8. The summed E-state index contributed by atoms with van der Waals surface area (Å²) in [5.41, 5.74) is 5.67. The van der Waals surface area contributed by atoms with E-state index in [1.54, 1.807) is 0 Å². The van der Waals surface area contributed by atoms with Gasteiger partial charge in [-0.15, -0.1) is 11.3 Å². The standard InChI is InChI=1S/C10H14BrNO3S2/c1-17(14,15)5-3-8(12)9(13)6-10-7(11)2-4-16-10/h2,4,8H,3,5-6,12H2,1H3. The van der Waals surface area contributed by atoms with Gasteiger partial charge < -0.3 is 5.73 Å². The number of Topliss-reactive ketones (excluding diaryl/α,β-unsaturated/α-hetero) is 1. The van der Waals surface area contributed by atoms with Crippen LogP contribution in [0.25, 0.3) is 0 Å². The number of carbonyl (C=O) groups excluding carboxylic acids is 1. The number of thiophene rings is 1. The van der Waals surface area contributed by atoms with Crippen LogP contribution in [-0.2, 0) is 21.1 Å². The second-order valence-electron chi connectivity index (χ2n) is 3.86. The maximum absolute atomic E-state index is 11.7. The Hall–Kier alpha value is -0.240. The number of hydrogen-bond donors (Lipinski definition) is 1. The zero-order valence-electron chi connectivity index (χ0n) is 9.35. The van der Waals surface area contributed by atoms with Gasteiger partial charge in [-0.25, -0.2) is 8.42 Å². The van der Waals surface area contributed by atoms with Crippen molar-refractivity contribution in [3.05, 3.63) is 20.8 Å². The molecule has 0 radical (unpaired) electrons. The molecule has 0 aliphatic heterocycles. The van der Waals surface area contributed by atoms with Crippen LogP contribution in [0, 0.1) is 0 Å². The summed E-state index contributed by atoms with van der Waals surface area (Å²) in [6.45, 7) is 0. The van der Waals surface area contributed by atoms with Crippen molar-refractivity contribution in [1.29, 1.82) is 0 Å². The normalized spacial score (nSPS) is 13.6. The Morgan fingerprint density at radius 1 is 1.59 bits per heavy atom. The van der Waals surface area contributed by atoms with Crippen molar-refractivity contribution in [1.82, 2.24) is 0 Å². The number of ketones is 1. The second kappa shape index (κ2) is 6.08. The first-order valence-corrected chi connectivity index (χ1v) is 8.71. The van der Waals surface area contributed by atoms with E-state index in [1.807, 2.05) is 11.4 Å². The summed E-state index contributed by atoms with van der Waals surface area (Å²) in [6.07, 6.45) is 1.57. The third-order valence-corrected chi connectivity index (χ3v) is 5.14. The first-order valence-electron chi connectivity index (χ1n) is 4.97. The summed E-state index contributed by atoms with van der Waals surface area (Å²) in [7, 11) is -3.06. The zero-order valence-corrected chi connectivity index (χ0v) is 12.6. The Morgan fingerprint density at radius 3 is 2.71 bits per heavy atom. The molecule has 0 aliphatic carbocycles. The predicted molar refractivity (Wildman–Crippen MR) is 73.0 cm³/mol. The Kier molecular flexibility index (Phi) is 5.30. The van der Waals surface area contributed by atoms with Gasteiger partial charge in [0.05, 0.1) is 11.8 Å². The highest BCUT2D eigenvalue weighted by molar-refractivity contribution is 9.10. The van der Waals surface area contributed by atoms with Crippen molar-refractivity contribution < 1.29 is 13.2 Å².